The lowest BCUT2D eigenvalue weighted by molar-refractivity contribution is -0.127. The maximum Gasteiger partial charge on any atom is 0.293 e. The molecular weight excluding hydrogens is 474 g/mol. The van der Waals surface area contributed by atoms with Crippen LogP contribution in [-0.2, 0) is 19.6 Å². The molecule has 0 saturated carbocycles. The van der Waals surface area contributed by atoms with Crippen LogP contribution >= 0.6 is 11.8 Å². The van der Waals surface area contributed by atoms with Crippen LogP contribution in [0.25, 0.3) is 6.08 Å². The molecule has 34 heavy (non-hydrogen) atoms. The van der Waals surface area contributed by atoms with E-state index in [0.717, 1.165) is 28.6 Å². The molecule has 1 unspecified atom stereocenters. The van der Waals surface area contributed by atoms with Gasteiger partial charge in [0.1, 0.15) is 6.04 Å². The van der Waals surface area contributed by atoms with Gasteiger partial charge < -0.3 is 5.32 Å². The summed E-state index contributed by atoms with van der Waals surface area (Å²) in [4.78, 5) is 39.5. The van der Waals surface area contributed by atoms with Gasteiger partial charge in [0.25, 0.3) is 11.1 Å². The monoisotopic (exact) mass is 499 g/mol. The molecule has 1 atom stereocenters. The Balaban J connectivity index is 1.38. The molecule has 0 spiro atoms. The quantitative estimate of drug-likeness (QED) is 0.587. The van der Waals surface area contributed by atoms with Crippen LogP contribution in [-0.4, -0.2) is 60.4 Å². The molecule has 0 aliphatic carbocycles. The van der Waals surface area contributed by atoms with E-state index in [2.05, 4.69) is 5.32 Å². The van der Waals surface area contributed by atoms with Crippen molar-refractivity contribution in [2.75, 3.05) is 19.6 Å². The summed E-state index contributed by atoms with van der Waals surface area (Å²) < 4.78 is 27.4. The average molecular weight is 500 g/mol. The zero-order valence-corrected chi connectivity index (χ0v) is 20.1. The number of amides is 3. The molecule has 0 bridgehead atoms. The second kappa shape index (κ2) is 10.5. The number of sulfonamides is 1. The number of nitrogens with one attached hydrogen (secondary N) is 1. The summed E-state index contributed by atoms with van der Waals surface area (Å²) in [6.45, 7) is 0.328. The number of piperidine rings is 1. The summed E-state index contributed by atoms with van der Waals surface area (Å²) >= 11 is 0.863. The van der Waals surface area contributed by atoms with Crippen LogP contribution in [0.4, 0.5) is 4.79 Å². The van der Waals surface area contributed by atoms with Gasteiger partial charge in [0, 0.05) is 19.6 Å². The Bertz CT molecular complexity index is 1200. The minimum absolute atomic E-state index is 0.0146. The van der Waals surface area contributed by atoms with Crippen LogP contribution in [0.2, 0.25) is 0 Å². The van der Waals surface area contributed by atoms with Gasteiger partial charge >= 0.3 is 0 Å². The molecule has 1 N–H and O–H groups in total. The van der Waals surface area contributed by atoms with E-state index in [-0.39, 0.29) is 24.5 Å². The number of carbonyl (C=O) groups excluding carboxylic acids is 3. The van der Waals surface area contributed by atoms with Crippen molar-refractivity contribution in [3.63, 3.8) is 0 Å². The van der Waals surface area contributed by atoms with Gasteiger partial charge in [-0.25, -0.2) is 8.42 Å². The van der Waals surface area contributed by atoms with Crippen molar-refractivity contribution >= 4 is 44.9 Å². The third kappa shape index (κ3) is 5.24. The number of carbonyl (C=O) groups is 3. The number of hydrogen-bond acceptors (Lipinski definition) is 6. The molecule has 2 aliphatic heterocycles. The van der Waals surface area contributed by atoms with Gasteiger partial charge in [-0.15, -0.1) is 0 Å². The molecule has 2 fully saturated rings. The predicted octanol–water partition coefficient (Wildman–Crippen LogP) is 3.08. The van der Waals surface area contributed by atoms with Gasteiger partial charge in [0.2, 0.25) is 15.9 Å². The number of rotatable bonds is 7. The van der Waals surface area contributed by atoms with E-state index in [1.54, 1.807) is 24.3 Å². The van der Waals surface area contributed by atoms with Crippen molar-refractivity contribution in [1.29, 1.82) is 0 Å². The molecule has 0 aromatic heterocycles. The lowest BCUT2D eigenvalue weighted by atomic mass is 10.0. The fourth-order valence-electron chi connectivity index (χ4n) is 3.98. The van der Waals surface area contributed by atoms with E-state index in [1.807, 2.05) is 30.3 Å². The van der Waals surface area contributed by atoms with Crippen molar-refractivity contribution in [3.8, 4) is 0 Å². The number of imide groups is 1. The minimum atomic E-state index is -3.81. The first kappa shape index (κ1) is 24.2. The summed E-state index contributed by atoms with van der Waals surface area (Å²) in [6.07, 6.45) is 3.50. The highest BCUT2D eigenvalue weighted by molar-refractivity contribution is 8.18. The molecular formula is C24H25N3O5S2. The lowest BCUT2D eigenvalue weighted by Crippen LogP contribution is -2.52. The molecule has 2 aromatic rings. The molecule has 0 radical (unpaired) electrons. The summed E-state index contributed by atoms with van der Waals surface area (Å²) in [5, 5.41) is 2.32. The fraction of sp³-hybridized carbons (Fsp3) is 0.292. The molecule has 2 heterocycles. The van der Waals surface area contributed by atoms with Crippen LogP contribution in [0.1, 0.15) is 24.8 Å². The van der Waals surface area contributed by atoms with Crippen molar-refractivity contribution < 1.29 is 22.8 Å². The van der Waals surface area contributed by atoms with E-state index in [1.165, 1.54) is 16.4 Å². The molecule has 10 heteroatoms. The van der Waals surface area contributed by atoms with Crippen LogP contribution in [0.15, 0.2) is 70.5 Å². The first-order chi connectivity index (χ1) is 16.4. The van der Waals surface area contributed by atoms with Crippen molar-refractivity contribution in [2.45, 2.75) is 30.2 Å². The number of benzene rings is 2. The molecule has 8 nitrogen and oxygen atoms in total. The van der Waals surface area contributed by atoms with E-state index >= 15 is 0 Å². The number of hydrogen-bond donors (Lipinski definition) is 1. The smallest absolute Gasteiger partial charge is 0.293 e. The van der Waals surface area contributed by atoms with Gasteiger partial charge in [-0.1, -0.05) is 55.0 Å². The van der Waals surface area contributed by atoms with Gasteiger partial charge in [-0.2, -0.15) is 4.31 Å². The highest BCUT2D eigenvalue weighted by Crippen LogP contribution is 2.32. The Kier molecular flexibility index (Phi) is 7.50. The van der Waals surface area contributed by atoms with Crippen LogP contribution in [0.5, 0.6) is 0 Å². The van der Waals surface area contributed by atoms with E-state index in [0.29, 0.717) is 17.7 Å². The van der Waals surface area contributed by atoms with Crippen molar-refractivity contribution in [2.24, 2.45) is 0 Å². The maximum atomic E-state index is 13.1. The molecule has 3 amide bonds. The highest BCUT2D eigenvalue weighted by atomic mass is 32.2. The Morgan fingerprint density at radius 2 is 1.71 bits per heavy atom. The topological polar surface area (TPSA) is 104 Å². The molecule has 178 valence electrons. The summed E-state index contributed by atoms with van der Waals surface area (Å²) in [6, 6.07) is 16.5. The molecule has 4 rings (SSSR count). The summed E-state index contributed by atoms with van der Waals surface area (Å²) in [5.41, 5.74) is 0.818. The second-order valence-electron chi connectivity index (χ2n) is 7.98. The van der Waals surface area contributed by atoms with Crippen LogP contribution in [0, 0.1) is 0 Å². The number of thioether (sulfide) groups is 1. The van der Waals surface area contributed by atoms with E-state index in [9.17, 15) is 22.8 Å². The third-order valence-corrected chi connectivity index (χ3v) is 8.54. The predicted molar refractivity (Wildman–Crippen MR) is 130 cm³/mol. The normalized spacial score (nSPS) is 20.6. The van der Waals surface area contributed by atoms with Crippen LogP contribution < -0.4 is 5.32 Å². The Morgan fingerprint density at radius 1 is 1.03 bits per heavy atom. The largest absolute Gasteiger partial charge is 0.353 e. The first-order valence-electron chi connectivity index (χ1n) is 11.0. The van der Waals surface area contributed by atoms with Crippen molar-refractivity contribution in [3.05, 3.63) is 71.1 Å². The lowest BCUT2D eigenvalue weighted by Gasteiger charge is -2.33. The van der Waals surface area contributed by atoms with Crippen molar-refractivity contribution in [1.82, 2.24) is 14.5 Å². The molecule has 2 aromatic carbocycles. The fourth-order valence-corrected chi connectivity index (χ4v) is 6.53. The van der Waals surface area contributed by atoms with Gasteiger partial charge in [0.15, 0.2) is 0 Å². The second-order valence-corrected chi connectivity index (χ2v) is 10.9. The SMILES string of the molecule is O=C(NCCN1C(=O)SC(=Cc2ccccc2)C1=O)C1CCCCN1S(=O)(=O)c1ccccc1. The zero-order valence-electron chi connectivity index (χ0n) is 18.4. The Labute approximate surface area is 203 Å². The van der Waals surface area contributed by atoms with E-state index < -0.39 is 33.1 Å². The minimum Gasteiger partial charge on any atom is -0.353 e. The number of nitrogens with zero attached hydrogens (tertiary/aromatic N) is 2. The summed E-state index contributed by atoms with van der Waals surface area (Å²) in [7, 11) is -3.81. The molecule has 2 saturated heterocycles. The average Bonchev–Trinajstić information content (AvgIpc) is 3.12. The van der Waals surface area contributed by atoms with Gasteiger partial charge in [-0.3, -0.25) is 19.3 Å². The first-order valence-corrected chi connectivity index (χ1v) is 13.3. The third-order valence-electron chi connectivity index (χ3n) is 5.71. The van der Waals surface area contributed by atoms with Gasteiger partial charge in [-0.05, 0) is 48.4 Å². The standard InChI is InChI=1S/C24H25N3O5S2/c28-22(20-13-7-8-15-27(20)34(31,32)19-11-5-2-6-12-19)25-14-16-26-23(29)21(33-24(26)30)17-18-9-3-1-4-10-18/h1-6,9-12,17,20H,7-8,13-16H2,(H,25,28). The summed E-state index contributed by atoms with van der Waals surface area (Å²) in [5.74, 6) is -0.829. The van der Waals surface area contributed by atoms with Gasteiger partial charge in [0.05, 0.1) is 9.80 Å². The molecule has 2 aliphatic rings. The Hall–Kier alpha value is -2.95. The zero-order chi connectivity index (χ0) is 24.1. The highest BCUT2D eigenvalue weighted by Gasteiger charge is 2.38. The Morgan fingerprint density at radius 3 is 2.41 bits per heavy atom. The maximum absolute atomic E-state index is 13.1. The van der Waals surface area contributed by atoms with E-state index in [4.69, 9.17) is 0 Å². The van der Waals surface area contributed by atoms with Crippen LogP contribution in [0.3, 0.4) is 0 Å².